The van der Waals surface area contributed by atoms with Crippen molar-refractivity contribution in [3.8, 4) is 0 Å². The molecule has 1 aliphatic carbocycles. The monoisotopic (exact) mass is 296 g/mol. The molecule has 0 bridgehead atoms. The molecule has 1 saturated heterocycles. The smallest absolute Gasteiger partial charge is 0.330 e. The van der Waals surface area contributed by atoms with Crippen molar-refractivity contribution in [2.45, 2.75) is 52.1 Å². The van der Waals surface area contributed by atoms with Gasteiger partial charge in [0.1, 0.15) is 5.92 Å². The molecule has 0 spiro atoms. The normalized spacial score (nSPS) is 24.6. The topological polar surface area (TPSA) is 75.7 Å². The van der Waals surface area contributed by atoms with Gasteiger partial charge in [-0.15, -0.1) is 0 Å². The van der Waals surface area contributed by atoms with Crippen molar-refractivity contribution < 1.29 is 19.1 Å². The first-order valence-corrected chi connectivity index (χ1v) is 7.78. The summed E-state index contributed by atoms with van der Waals surface area (Å²) in [5.41, 5.74) is 0. The molecule has 2 fully saturated rings. The van der Waals surface area contributed by atoms with E-state index >= 15 is 0 Å². The molecule has 0 aromatic heterocycles. The predicted octanol–water partition coefficient (Wildman–Crippen LogP) is 1.69. The fourth-order valence-electron chi connectivity index (χ4n) is 2.97. The van der Waals surface area contributed by atoms with E-state index in [2.05, 4.69) is 5.32 Å². The first kappa shape index (κ1) is 15.9. The van der Waals surface area contributed by atoms with E-state index in [0.717, 1.165) is 17.7 Å². The number of hydrogen-bond acceptors (Lipinski definition) is 4. The molecule has 2 rings (SSSR count). The van der Waals surface area contributed by atoms with Crippen LogP contribution in [-0.4, -0.2) is 42.0 Å². The lowest BCUT2D eigenvalue weighted by atomic mass is 9.92. The van der Waals surface area contributed by atoms with E-state index in [1.54, 1.807) is 13.8 Å². The fourth-order valence-corrected chi connectivity index (χ4v) is 2.97. The number of hydrogen-bond donors (Lipinski definition) is 1. The van der Waals surface area contributed by atoms with Crippen LogP contribution in [0.5, 0.6) is 0 Å². The van der Waals surface area contributed by atoms with Gasteiger partial charge in [0.25, 0.3) is 0 Å². The molecule has 1 atom stereocenters. The highest BCUT2D eigenvalue weighted by atomic mass is 16.5. The second kappa shape index (κ2) is 7.02. The Bertz CT molecular complexity index is 416. The highest BCUT2D eigenvalue weighted by Gasteiger charge is 2.41. The van der Waals surface area contributed by atoms with Gasteiger partial charge in [-0.3, -0.25) is 19.8 Å². The minimum atomic E-state index is -0.780. The number of imide groups is 2. The summed E-state index contributed by atoms with van der Waals surface area (Å²) in [6.45, 7) is 4.14. The third-order valence-corrected chi connectivity index (χ3v) is 4.18. The van der Waals surface area contributed by atoms with Gasteiger partial charge in [0.15, 0.2) is 0 Å². The fraction of sp³-hybridized carbons (Fsp3) is 0.800. The van der Waals surface area contributed by atoms with E-state index in [9.17, 15) is 14.4 Å². The number of nitrogens with one attached hydrogen (secondary N) is 1. The summed E-state index contributed by atoms with van der Waals surface area (Å²) in [6.07, 6.45) is 5.95. The average molecular weight is 296 g/mol. The molecule has 6 heteroatoms. The van der Waals surface area contributed by atoms with Crippen LogP contribution in [0.1, 0.15) is 46.0 Å². The number of nitrogens with zero attached hydrogens (tertiary/aromatic N) is 1. The molecular weight excluding hydrogens is 272 g/mol. The lowest BCUT2D eigenvalue weighted by molar-refractivity contribution is -0.145. The summed E-state index contributed by atoms with van der Waals surface area (Å²) in [5.74, 6) is -1.82. The van der Waals surface area contributed by atoms with E-state index in [0.29, 0.717) is 6.61 Å². The number of carbonyl (C=O) groups excluding carboxylic acids is 3. The standard InChI is InChI=1S/C15H24N2O4/c1-10(2)12-13(18)16-15(20)17(14(12)19)8-9-21-11-6-4-3-5-7-11/h10-12H,3-9H2,1-2H3,(H,16,18,20). The third-order valence-electron chi connectivity index (χ3n) is 4.18. The molecule has 0 aromatic carbocycles. The number of barbiturate groups is 1. The molecule has 21 heavy (non-hydrogen) atoms. The Labute approximate surface area is 125 Å². The highest BCUT2D eigenvalue weighted by Crippen LogP contribution is 2.21. The molecule has 1 heterocycles. The molecular formula is C15H24N2O4. The molecule has 0 radical (unpaired) electrons. The number of amides is 4. The maximum Gasteiger partial charge on any atom is 0.330 e. The van der Waals surface area contributed by atoms with Crippen LogP contribution in [-0.2, 0) is 14.3 Å². The van der Waals surface area contributed by atoms with Crippen molar-refractivity contribution in [3.05, 3.63) is 0 Å². The van der Waals surface area contributed by atoms with Crippen molar-refractivity contribution in [1.29, 1.82) is 0 Å². The van der Waals surface area contributed by atoms with Gasteiger partial charge in [-0.05, 0) is 18.8 Å². The van der Waals surface area contributed by atoms with Gasteiger partial charge in [0, 0.05) is 0 Å². The summed E-state index contributed by atoms with van der Waals surface area (Å²) in [4.78, 5) is 36.9. The lowest BCUT2D eigenvalue weighted by Crippen LogP contribution is -2.59. The first-order valence-electron chi connectivity index (χ1n) is 7.78. The van der Waals surface area contributed by atoms with Gasteiger partial charge in [0.2, 0.25) is 11.8 Å². The highest BCUT2D eigenvalue weighted by molar-refractivity contribution is 6.16. The van der Waals surface area contributed by atoms with Gasteiger partial charge in [-0.2, -0.15) is 0 Å². The van der Waals surface area contributed by atoms with Crippen molar-refractivity contribution in [2.75, 3.05) is 13.2 Å². The predicted molar refractivity (Wildman–Crippen MR) is 76.4 cm³/mol. The molecule has 2 aliphatic rings. The number of urea groups is 1. The number of rotatable bonds is 5. The molecule has 1 aliphatic heterocycles. The van der Waals surface area contributed by atoms with E-state index in [1.165, 1.54) is 19.3 Å². The van der Waals surface area contributed by atoms with Gasteiger partial charge in [-0.1, -0.05) is 33.1 Å². The third kappa shape index (κ3) is 3.81. The Morgan fingerprint density at radius 1 is 1.19 bits per heavy atom. The van der Waals surface area contributed by atoms with Crippen LogP contribution in [0.2, 0.25) is 0 Å². The molecule has 4 amide bonds. The molecule has 1 N–H and O–H groups in total. The summed E-state index contributed by atoms with van der Waals surface area (Å²) in [5, 5.41) is 2.25. The molecule has 1 unspecified atom stereocenters. The maximum absolute atomic E-state index is 12.3. The van der Waals surface area contributed by atoms with Gasteiger partial charge >= 0.3 is 6.03 Å². The van der Waals surface area contributed by atoms with Crippen LogP contribution in [0, 0.1) is 11.8 Å². The Kier molecular flexibility index (Phi) is 5.33. The second-order valence-corrected chi connectivity index (χ2v) is 6.14. The van der Waals surface area contributed by atoms with E-state index < -0.39 is 23.8 Å². The molecule has 0 aromatic rings. The molecule has 1 saturated carbocycles. The van der Waals surface area contributed by atoms with Crippen LogP contribution in [0.3, 0.4) is 0 Å². The van der Waals surface area contributed by atoms with E-state index in [4.69, 9.17) is 4.74 Å². The van der Waals surface area contributed by atoms with Crippen LogP contribution in [0.4, 0.5) is 4.79 Å². The average Bonchev–Trinajstić information content (AvgIpc) is 2.42. The number of ether oxygens (including phenoxy) is 1. The van der Waals surface area contributed by atoms with E-state index in [1.807, 2.05) is 0 Å². The summed E-state index contributed by atoms with van der Waals surface area (Å²) in [6, 6.07) is -0.630. The SMILES string of the molecule is CC(C)C1C(=O)NC(=O)N(CCOC2CCCCC2)C1=O. The van der Waals surface area contributed by atoms with Crippen molar-refractivity contribution in [1.82, 2.24) is 10.2 Å². The zero-order valence-corrected chi connectivity index (χ0v) is 12.8. The lowest BCUT2D eigenvalue weighted by Gasteiger charge is -2.32. The number of carbonyl (C=O) groups is 3. The molecule has 118 valence electrons. The maximum atomic E-state index is 12.3. The quantitative estimate of drug-likeness (QED) is 0.783. The van der Waals surface area contributed by atoms with Crippen molar-refractivity contribution in [2.24, 2.45) is 11.8 Å². The van der Waals surface area contributed by atoms with Crippen LogP contribution in [0.25, 0.3) is 0 Å². The van der Waals surface area contributed by atoms with Gasteiger partial charge in [-0.25, -0.2) is 4.79 Å². The molecule has 6 nitrogen and oxygen atoms in total. The minimum absolute atomic E-state index is 0.132. The summed E-state index contributed by atoms with van der Waals surface area (Å²) in [7, 11) is 0. The van der Waals surface area contributed by atoms with Crippen LogP contribution in [0.15, 0.2) is 0 Å². The Balaban J connectivity index is 1.87. The van der Waals surface area contributed by atoms with Crippen LogP contribution < -0.4 is 5.32 Å². The summed E-state index contributed by atoms with van der Waals surface area (Å²) < 4.78 is 5.75. The zero-order valence-electron chi connectivity index (χ0n) is 12.8. The largest absolute Gasteiger partial charge is 0.376 e. The van der Waals surface area contributed by atoms with Gasteiger partial charge < -0.3 is 4.74 Å². The summed E-state index contributed by atoms with van der Waals surface area (Å²) >= 11 is 0. The van der Waals surface area contributed by atoms with E-state index in [-0.39, 0.29) is 18.6 Å². The first-order chi connectivity index (χ1) is 10.0. The zero-order chi connectivity index (χ0) is 15.4. The van der Waals surface area contributed by atoms with Crippen molar-refractivity contribution >= 4 is 17.8 Å². The van der Waals surface area contributed by atoms with Gasteiger partial charge in [0.05, 0.1) is 19.3 Å². The Hall–Kier alpha value is -1.43. The van der Waals surface area contributed by atoms with Crippen molar-refractivity contribution in [3.63, 3.8) is 0 Å². The Morgan fingerprint density at radius 2 is 1.86 bits per heavy atom. The van der Waals surface area contributed by atoms with Crippen LogP contribution >= 0.6 is 0 Å². The second-order valence-electron chi connectivity index (χ2n) is 6.14. The Morgan fingerprint density at radius 3 is 2.48 bits per heavy atom. The minimum Gasteiger partial charge on any atom is -0.376 e.